The summed E-state index contributed by atoms with van der Waals surface area (Å²) in [5.41, 5.74) is 9.18. The molecule has 1 aromatic heterocycles. The summed E-state index contributed by atoms with van der Waals surface area (Å²) >= 11 is 5.85. The Morgan fingerprint density at radius 2 is 1.51 bits per heavy atom. The van der Waals surface area contributed by atoms with E-state index >= 15 is 0 Å². The molecule has 4 rings (SSSR count). The van der Waals surface area contributed by atoms with Crippen LogP contribution in [0.3, 0.4) is 0 Å². The number of anilines is 1. The van der Waals surface area contributed by atoms with E-state index in [-0.39, 0.29) is 5.91 Å². The first-order valence-electron chi connectivity index (χ1n) is 9.71. The van der Waals surface area contributed by atoms with Crippen LogP contribution in [0, 0.1) is 0 Å². The van der Waals surface area contributed by atoms with Gasteiger partial charge in [0.25, 0.3) is 5.91 Å². The molecule has 35 heavy (non-hydrogen) atoms. The summed E-state index contributed by atoms with van der Waals surface area (Å²) in [6.07, 6.45) is -5.08. The van der Waals surface area contributed by atoms with Gasteiger partial charge in [0.2, 0.25) is 5.91 Å². The number of carboxylic acids is 1. The van der Waals surface area contributed by atoms with Crippen LogP contribution in [0.25, 0.3) is 22.4 Å². The van der Waals surface area contributed by atoms with Gasteiger partial charge in [-0.15, -0.1) is 0 Å². The highest BCUT2D eigenvalue weighted by molar-refractivity contribution is 6.30. The highest BCUT2D eigenvalue weighted by atomic mass is 35.5. The monoisotopic (exact) mass is 504 g/mol. The molecule has 1 heterocycles. The second-order valence-electron chi connectivity index (χ2n) is 7.02. The number of amides is 2. The second kappa shape index (κ2) is 10.3. The van der Waals surface area contributed by atoms with E-state index in [4.69, 9.17) is 27.2 Å². The number of H-pyrrole nitrogens is 1. The van der Waals surface area contributed by atoms with E-state index in [1.54, 1.807) is 54.6 Å². The maximum Gasteiger partial charge on any atom is 0.490 e. The average Bonchev–Trinajstić information content (AvgIpc) is 3.24. The van der Waals surface area contributed by atoms with Crippen LogP contribution in [0.1, 0.15) is 20.7 Å². The van der Waals surface area contributed by atoms with Gasteiger partial charge < -0.3 is 21.1 Å². The summed E-state index contributed by atoms with van der Waals surface area (Å²) in [5, 5.41) is 10.6. The molecular formula is C23H16ClF3N4O4. The van der Waals surface area contributed by atoms with Gasteiger partial charge in [0, 0.05) is 27.4 Å². The summed E-state index contributed by atoms with van der Waals surface area (Å²) in [6, 6.07) is 19.0. The average molecular weight is 505 g/mol. The number of aliphatic carboxylic acids is 1. The standard InChI is InChI=1S/C21H15ClN4O2.C2HF3O2/c22-15-6-8-16(9-7-15)24-21(28)13-3-1-12(2-4-13)20-25-17-10-5-14(19(23)27)11-18(17)26-20;3-2(4,5)1(6)7/h1-11H,(H2,23,27)(H,24,28)(H,25,26);(H,6,7). The number of rotatable bonds is 4. The van der Waals surface area contributed by atoms with Crippen molar-refractivity contribution < 1.29 is 32.7 Å². The SMILES string of the molecule is NC(=O)c1ccc2nc(-c3ccc(C(=O)Nc4ccc(Cl)cc4)cc3)[nH]c2c1.O=C(O)C(F)(F)F. The Kier molecular flexibility index (Phi) is 7.40. The quantitative estimate of drug-likeness (QED) is 0.314. The van der Waals surface area contributed by atoms with Crippen molar-refractivity contribution in [3.05, 3.63) is 82.9 Å². The van der Waals surface area contributed by atoms with Crippen molar-refractivity contribution in [2.45, 2.75) is 6.18 Å². The molecule has 0 saturated heterocycles. The number of hydrogen-bond donors (Lipinski definition) is 4. The normalized spacial score (nSPS) is 10.9. The fourth-order valence-electron chi connectivity index (χ4n) is 2.82. The number of carboxylic acid groups (broad SMARTS) is 1. The predicted molar refractivity (Wildman–Crippen MR) is 123 cm³/mol. The molecule has 0 aliphatic rings. The van der Waals surface area contributed by atoms with Crippen molar-refractivity contribution in [1.29, 1.82) is 0 Å². The number of nitrogens with one attached hydrogen (secondary N) is 2. The van der Waals surface area contributed by atoms with Crippen molar-refractivity contribution in [1.82, 2.24) is 9.97 Å². The van der Waals surface area contributed by atoms with Crippen LogP contribution in [0.5, 0.6) is 0 Å². The minimum Gasteiger partial charge on any atom is -0.475 e. The van der Waals surface area contributed by atoms with E-state index in [9.17, 15) is 22.8 Å². The van der Waals surface area contributed by atoms with Crippen molar-refractivity contribution >= 4 is 46.1 Å². The number of hydrogen-bond acceptors (Lipinski definition) is 4. The fourth-order valence-corrected chi connectivity index (χ4v) is 2.94. The minimum atomic E-state index is -5.08. The summed E-state index contributed by atoms with van der Waals surface area (Å²) in [7, 11) is 0. The van der Waals surface area contributed by atoms with Gasteiger partial charge in [-0.3, -0.25) is 9.59 Å². The largest absolute Gasteiger partial charge is 0.490 e. The van der Waals surface area contributed by atoms with E-state index in [1.165, 1.54) is 0 Å². The molecule has 12 heteroatoms. The molecule has 0 fully saturated rings. The van der Waals surface area contributed by atoms with E-state index < -0.39 is 18.1 Å². The van der Waals surface area contributed by atoms with E-state index in [2.05, 4.69) is 15.3 Å². The van der Waals surface area contributed by atoms with Gasteiger partial charge in [-0.05, 0) is 54.6 Å². The Hall–Kier alpha value is -4.38. The van der Waals surface area contributed by atoms with Crippen LogP contribution in [-0.2, 0) is 4.79 Å². The molecule has 0 radical (unpaired) electrons. The maximum atomic E-state index is 12.4. The van der Waals surface area contributed by atoms with Crippen LogP contribution < -0.4 is 11.1 Å². The summed E-state index contributed by atoms with van der Waals surface area (Å²) in [5.74, 6) is -2.83. The molecule has 0 aliphatic heterocycles. The van der Waals surface area contributed by atoms with Crippen molar-refractivity contribution in [2.24, 2.45) is 5.73 Å². The smallest absolute Gasteiger partial charge is 0.475 e. The molecule has 4 aromatic rings. The van der Waals surface area contributed by atoms with E-state index in [0.29, 0.717) is 27.7 Å². The summed E-state index contributed by atoms with van der Waals surface area (Å²) in [6.45, 7) is 0. The third-order valence-electron chi connectivity index (χ3n) is 4.53. The predicted octanol–water partition coefficient (Wildman–Crippen LogP) is 4.87. The van der Waals surface area contributed by atoms with Gasteiger partial charge in [0.15, 0.2) is 0 Å². The first-order valence-corrected chi connectivity index (χ1v) is 10.1. The van der Waals surface area contributed by atoms with E-state index in [0.717, 1.165) is 16.6 Å². The molecule has 0 aliphatic carbocycles. The first kappa shape index (κ1) is 25.2. The second-order valence-corrected chi connectivity index (χ2v) is 7.46. The lowest BCUT2D eigenvalue weighted by molar-refractivity contribution is -0.192. The third kappa shape index (κ3) is 6.58. The van der Waals surface area contributed by atoms with Crippen LogP contribution >= 0.6 is 11.6 Å². The summed E-state index contributed by atoms with van der Waals surface area (Å²) < 4.78 is 31.7. The number of alkyl halides is 3. The zero-order valence-corrected chi connectivity index (χ0v) is 18.3. The molecule has 0 bridgehead atoms. The highest BCUT2D eigenvalue weighted by Gasteiger charge is 2.38. The lowest BCUT2D eigenvalue weighted by Gasteiger charge is -2.06. The Morgan fingerprint density at radius 3 is 2.06 bits per heavy atom. The van der Waals surface area contributed by atoms with Gasteiger partial charge in [-0.25, -0.2) is 9.78 Å². The number of aromatic amines is 1. The minimum absolute atomic E-state index is 0.218. The Morgan fingerprint density at radius 1 is 0.943 bits per heavy atom. The molecule has 3 aromatic carbocycles. The van der Waals surface area contributed by atoms with Crippen molar-refractivity contribution in [2.75, 3.05) is 5.32 Å². The third-order valence-corrected chi connectivity index (χ3v) is 4.78. The Labute approximate surface area is 200 Å². The Bertz CT molecular complexity index is 1380. The number of imidazole rings is 1. The fraction of sp³-hybridized carbons (Fsp3) is 0.0435. The van der Waals surface area contributed by atoms with Gasteiger partial charge in [0.1, 0.15) is 5.82 Å². The topological polar surface area (TPSA) is 138 Å². The highest BCUT2D eigenvalue weighted by Crippen LogP contribution is 2.22. The molecule has 0 spiro atoms. The number of aromatic nitrogens is 2. The molecule has 0 unspecified atom stereocenters. The molecule has 0 atom stereocenters. The molecule has 5 N–H and O–H groups in total. The van der Waals surface area contributed by atoms with Gasteiger partial charge in [-0.2, -0.15) is 13.2 Å². The summed E-state index contributed by atoms with van der Waals surface area (Å²) in [4.78, 5) is 40.3. The van der Waals surface area contributed by atoms with Crippen molar-refractivity contribution in [3.8, 4) is 11.4 Å². The van der Waals surface area contributed by atoms with Crippen LogP contribution in [0.15, 0.2) is 66.7 Å². The number of halogens is 4. The van der Waals surface area contributed by atoms with E-state index in [1.807, 2.05) is 12.1 Å². The zero-order chi connectivity index (χ0) is 25.8. The van der Waals surface area contributed by atoms with Crippen molar-refractivity contribution in [3.63, 3.8) is 0 Å². The van der Waals surface area contributed by atoms with Gasteiger partial charge in [-0.1, -0.05) is 23.7 Å². The number of primary amides is 1. The van der Waals surface area contributed by atoms with Crippen LogP contribution in [0.4, 0.5) is 18.9 Å². The van der Waals surface area contributed by atoms with Crippen LogP contribution in [-0.4, -0.2) is 39.0 Å². The van der Waals surface area contributed by atoms with Crippen LogP contribution in [0.2, 0.25) is 5.02 Å². The number of fused-ring (bicyclic) bond motifs is 1. The first-order chi connectivity index (χ1) is 16.4. The lowest BCUT2D eigenvalue weighted by atomic mass is 10.1. The number of nitrogens with two attached hydrogens (primary N) is 1. The van der Waals surface area contributed by atoms with Gasteiger partial charge >= 0.3 is 12.1 Å². The maximum absolute atomic E-state index is 12.4. The molecule has 8 nitrogen and oxygen atoms in total. The molecule has 2 amide bonds. The van der Waals surface area contributed by atoms with Gasteiger partial charge in [0.05, 0.1) is 11.0 Å². The lowest BCUT2D eigenvalue weighted by Crippen LogP contribution is -2.21. The number of carbonyl (C=O) groups is 3. The number of carbonyl (C=O) groups excluding carboxylic acids is 2. The number of benzene rings is 3. The number of nitrogens with zero attached hydrogens (tertiary/aromatic N) is 1. The molecule has 0 saturated carbocycles. The molecular weight excluding hydrogens is 489 g/mol. The molecule has 180 valence electrons. The Balaban J connectivity index is 0.000000429. The zero-order valence-electron chi connectivity index (χ0n) is 17.6.